The van der Waals surface area contributed by atoms with E-state index in [-0.39, 0.29) is 11.6 Å². The maximum atomic E-state index is 14.3. The predicted octanol–water partition coefficient (Wildman–Crippen LogP) is 7.67. The van der Waals surface area contributed by atoms with E-state index in [0.29, 0.717) is 22.3 Å². The molecule has 0 saturated heterocycles. The second kappa shape index (κ2) is 10.1. The van der Waals surface area contributed by atoms with Crippen molar-refractivity contribution in [3.05, 3.63) is 156 Å². The summed E-state index contributed by atoms with van der Waals surface area (Å²) in [5.41, 5.74) is 8.14. The van der Waals surface area contributed by atoms with Gasteiger partial charge in [0, 0.05) is 56.4 Å². The van der Waals surface area contributed by atoms with Crippen molar-refractivity contribution in [1.82, 2.24) is 0 Å². The Labute approximate surface area is 282 Å². The second-order valence-electron chi connectivity index (χ2n) is 14.1. The van der Waals surface area contributed by atoms with Gasteiger partial charge in [0.2, 0.25) is 0 Å². The number of nitrogens with zero attached hydrogens (tertiary/aromatic N) is 2. The van der Waals surface area contributed by atoms with E-state index < -0.39 is 16.1 Å². The maximum Gasteiger partial charge on any atom is 0.194 e. The van der Waals surface area contributed by atoms with Gasteiger partial charge in [-0.3, -0.25) is 9.59 Å². The molecule has 48 heavy (non-hydrogen) atoms. The SMILES string of the molecule is C[Si]1(C)c2ccccc2N(c2ccc3c(c2)C(=O)c2ccc(N4c5ccccc5[Si](C)(C)c5ccccc54)cc2C3=O)c2ccccc21. The zero-order valence-electron chi connectivity index (χ0n) is 27.4. The summed E-state index contributed by atoms with van der Waals surface area (Å²) >= 11 is 0. The summed E-state index contributed by atoms with van der Waals surface area (Å²) in [6, 6.07) is 46.0. The highest BCUT2D eigenvalue weighted by Crippen LogP contribution is 2.42. The number of para-hydroxylation sites is 4. The molecule has 0 radical (unpaired) electrons. The summed E-state index contributed by atoms with van der Waals surface area (Å²) in [4.78, 5) is 33.1. The fourth-order valence-electron chi connectivity index (χ4n) is 8.30. The van der Waals surface area contributed by atoms with Gasteiger partial charge in [-0.1, -0.05) is 99.0 Å². The van der Waals surface area contributed by atoms with Crippen molar-refractivity contribution < 1.29 is 9.59 Å². The smallest absolute Gasteiger partial charge is 0.194 e. The molecule has 0 spiro atoms. The summed E-state index contributed by atoms with van der Waals surface area (Å²) in [6.45, 7) is 9.58. The van der Waals surface area contributed by atoms with Crippen molar-refractivity contribution in [3.8, 4) is 0 Å². The molecule has 9 rings (SSSR count). The highest BCUT2D eigenvalue weighted by molar-refractivity contribution is 7.03. The molecule has 4 nitrogen and oxygen atoms in total. The van der Waals surface area contributed by atoms with Gasteiger partial charge in [-0.25, -0.2) is 0 Å². The average molecular weight is 655 g/mol. The Hall–Kier alpha value is -5.31. The van der Waals surface area contributed by atoms with E-state index in [1.54, 1.807) is 0 Å². The standard InChI is InChI=1S/C42H34N2O2Si2/c1-47(2)37-17-9-5-13-33(37)43(34-14-6-10-18-38(34)47)27-21-23-29-31(25-27)41(45)30-24-22-28(26-32(30)42(29)46)44-35-15-7-11-19-39(35)48(3,4)40-20-12-8-16-36(40)44/h5-26H,1-4H3. The number of benzene rings is 6. The molecule has 0 fully saturated rings. The molecular formula is C42H34N2O2Si2. The maximum absolute atomic E-state index is 14.3. The fraction of sp³-hybridized carbons (Fsp3) is 0.0952. The average Bonchev–Trinajstić information content (AvgIpc) is 3.11. The van der Waals surface area contributed by atoms with Crippen LogP contribution in [0.15, 0.2) is 133 Å². The monoisotopic (exact) mass is 654 g/mol. The Bertz CT molecular complexity index is 2110. The largest absolute Gasteiger partial charge is 0.311 e. The van der Waals surface area contributed by atoms with Crippen LogP contribution < -0.4 is 30.5 Å². The lowest BCUT2D eigenvalue weighted by atomic mass is 9.83. The van der Waals surface area contributed by atoms with Crippen molar-refractivity contribution in [2.45, 2.75) is 26.2 Å². The van der Waals surface area contributed by atoms with E-state index in [0.717, 1.165) is 34.1 Å². The highest BCUT2D eigenvalue weighted by atomic mass is 28.3. The van der Waals surface area contributed by atoms with Gasteiger partial charge in [-0.15, -0.1) is 0 Å². The van der Waals surface area contributed by atoms with Crippen LogP contribution in [-0.2, 0) is 0 Å². The molecule has 6 aromatic rings. The van der Waals surface area contributed by atoms with E-state index in [1.807, 2.05) is 36.4 Å². The van der Waals surface area contributed by atoms with E-state index in [1.165, 1.54) is 20.7 Å². The van der Waals surface area contributed by atoms with Crippen molar-refractivity contribution in [1.29, 1.82) is 0 Å². The lowest BCUT2D eigenvalue weighted by Crippen LogP contribution is -2.58. The third kappa shape index (κ3) is 3.87. The first-order chi connectivity index (χ1) is 23.2. The minimum Gasteiger partial charge on any atom is -0.311 e. The van der Waals surface area contributed by atoms with Crippen molar-refractivity contribution >= 4 is 82.6 Å². The van der Waals surface area contributed by atoms with Crippen LogP contribution in [0, 0.1) is 0 Å². The first-order valence-corrected chi connectivity index (χ1v) is 22.5. The Morgan fingerprint density at radius 2 is 0.667 bits per heavy atom. The molecule has 6 aromatic carbocycles. The molecule has 0 aromatic heterocycles. The molecule has 0 atom stereocenters. The Balaban J connectivity index is 1.16. The zero-order chi connectivity index (χ0) is 32.9. The van der Waals surface area contributed by atoms with Crippen LogP contribution in [0.2, 0.25) is 26.2 Å². The van der Waals surface area contributed by atoms with Gasteiger partial charge in [-0.2, -0.15) is 0 Å². The number of ketones is 2. The minimum atomic E-state index is -1.94. The van der Waals surface area contributed by atoms with Crippen LogP contribution in [0.5, 0.6) is 0 Å². The summed E-state index contributed by atoms with van der Waals surface area (Å²) in [5.74, 6) is -0.233. The molecule has 6 heteroatoms. The topological polar surface area (TPSA) is 40.6 Å². The van der Waals surface area contributed by atoms with E-state index in [4.69, 9.17) is 0 Å². The van der Waals surface area contributed by atoms with Crippen LogP contribution in [0.25, 0.3) is 0 Å². The Kier molecular flexibility index (Phi) is 6.07. The molecule has 0 unspecified atom stereocenters. The van der Waals surface area contributed by atoms with Gasteiger partial charge in [-0.05, 0) is 81.4 Å². The van der Waals surface area contributed by atoms with Crippen LogP contribution >= 0.6 is 0 Å². The molecule has 0 amide bonds. The predicted molar refractivity (Wildman–Crippen MR) is 203 cm³/mol. The van der Waals surface area contributed by atoms with Crippen LogP contribution in [-0.4, -0.2) is 27.7 Å². The number of carbonyl (C=O) groups is 2. The Morgan fingerprint density at radius 1 is 0.375 bits per heavy atom. The first kappa shape index (κ1) is 28.9. The van der Waals surface area contributed by atoms with Gasteiger partial charge in [0.1, 0.15) is 16.1 Å². The van der Waals surface area contributed by atoms with Gasteiger partial charge in [0.15, 0.2) is 11.6 Å². The number of hydrogen-bond donors (Lipinski definition) is 0. The number of fused-ring (bicyclic) bond motifs is 6. The normalized spacial score (nSPS) is 16.2. The summed E-state index contributed by atoms with van der Waals surface area (Å²) in [6.07, 6.45) is 0. The quantitative estimate of drug-likeness (QED) is 0.180. The summed E-state index contributed by atoms with van der Waals surface area (Å²) in [5, 5.41) is 5.42. The lowest BCUT2D eigenvalue weighted by molar-refractivity contribution is 0.0979. The van der Waals surface area contributed by atoms with E-state index in [2.05, 4.69) is 133 Å². The lowest BCUT2D eigenvalue weighted by Gasteiger charge is -2.41. The Morgan fingerprint density at radius 3 is 0.979 bits per heavy atom. The van der Waals surface area contributed by atoms with Crippen molar-refractivity contribution in [3.63, 3.8) is 0 Å². The van der Waals surface area contributed by atoms with Crippen LogP contribution in [0.3, 0.4) is 0 Å². The molecule has 3 aliphatic rings. The summed E-state index contributed by atoms with van der Waals surface area (Å²) < 4.78 is 0. The van der Waals surface area contributed by atoms with Gasteiger partial charge in [0.25, 0.3) is 0 Å². The molecular weight excluding hydrogens is 621 g/mol. The van der Waals surface area contributed by atoms with E-state index in [9.17, 15) is 9.59 Å². The number of anilines is 6. The third-order valence-corrected chi connectivity index (χ3v) is 17.9. The molecule has 232 valence electrons. The van der Waals surface area contributed by atoms with Gasteiger partial charge >= 0.3 is 0 Å². The second-order valence-corrected chi connectivity index (χ2v) is 22.8. The minimum absolute atomic E-state index is 0.116. The fourth-order valence-corrected chi connectivity index (χ4v) is 14.3. The number of hydrogen-bond acceptors (Lipinski definition) is 4. The van der Waals surface area contributed by atoms with Crippen molar-refractivity contribution in [2.24, 2.45) is 0 Å². The number of rotatable bonds is 2. The van der Waals surface area contributed by atoms with Crippen molar-refractivity contribution in [2.75, 3.05) is 9.80 Å². The van der Waals surface area contributed by atoms with Crippen LogP contribution in [0.1, 0.15) is 31.8 Å². The van der Waals surface area contributed by atoms with Gasteiger partial charge < -0.3 is 9.80 Å². The summed E-state index contributed by atoms with van der Waals surface area (Å²) in [7, 11) is -3.89. The molecule has 1 aliphatic carbocycles. The van der Waals surface area contributed by atoms with Crippen LogP contribution in [0.4, 0.5) is 34.1 Å². The van der Waals surface area contributed by atoms with Gasteiger partial charge in [0.05, 0.1) is 0 Å². The first-order valence-electron chi connectivity index (χ1n) is 16.5. The highest BCUT2D eigenvalue weighted by Gasteiger charge is 2.41. The van der Waals surface area contributed by atoms with E-state index >= 15 is 0 Å². The molecule has 0 saturated carbocycles. The molecule has 2 heterocycles. The molecule has 2 aliphatic heterocycles. The molecule has 0 N–H and O–H groups in total. The number of carbonyl (C=O) groups excluding carboxylic acids is 2. The third-order valence-electron chi connectivity index (χ3n) is 10.8. The molecule has 0 bridgehead atoms. The zero-order valence-corrected chi connectivity index (χ0v) is 29.4.